The van der Waals surface area contributed by atoms with Crippen LogP contribution in [0.25, 0.3) is 0 Å². The number of hydrogen-bond acceptors (Lipinski definition) is 4. The number of nitrogens with one attached hydrogen (secondary N) is 1. The van der Waals surface area contributed by atoms with Crippen molar-refractivity contribution in [3.8, 4) is 0 Å². The molecule has 0 saturated carbocycles. The highest BCUT2D eigenvalue weighted by atomic mass is 35.5. The Morgan fingerprint density at radius 2 is 2.18 bits per heavy atom. The third-order valence-corrected chi connectivity index (χ3v) is 2.50. The fraction of sp³-hybridized carbons (Fsp3) is 0.500. The molecule has 0 aliphatic rings. The van der Waals surface area contributed by atoms with Crippen molar-refractivity contribution in [2.75, 3.05) is 13.1 Å². The van der Waals surface area contributed by atoms with Gasteiger partial charge in [-0.2, -0.15) is 13.2 Å². The summed E-state index contributed by atoms with van der Waals surface area (Å²) in [6, 6.07) is 0. The lowest BCUT2D eigenvalue weighted by atomic mass is 10.4. The molecule has 4 nitrogen and oxygen atoms in total. The molecule has 0 aliphatic heterocycles. The molecule has 0 spiro atoms. The fourth-order valence-electron chi connectivity index (χ4n) is 0.925. The maximum Gasteiger partial charge on any atom is 0.405 e. The number of nitrogens with zero attached hydrogens (tertiary/aromatic N) is 1. The Morgan fingerprint density at radius 1 is 1.53 bits per heavy atom. The van der Waals surface area contributed by atoms with E-state index < -0.39 is 18.6 Å². The summed E-state index contributed by atoms with van der Waals surface area (Å²) in [7, 11) is 0. The lowest BCUT2D eigenvalue weighted by molar-refractivity contribution is -0.123. The number of halogens is 4. The third-order valence-electron chi connectivity index (χ3n) is 1.59. The van der Waals surface area contributed by atoms with Gasteiger partial charge in [0.05, 0.1) is 5.01 Å². The van der Waals surface area contributed by atoms with Gasteiger partial charge in [-0.25, -0.2) is 4.98 Å². The Bertz CT molecular complexity index is 369. The van der Waals surface area contributed by atoms with Crippen molar-refractivity contribution in [1.29, 1.82) is 0 Å². The Balaban J connectivity index is 0.00000256. The quantitative estimate of drug-likeness (QED) is 0.879. The molecule has 1 heterocycles. The molecular weight excluding hydrogens is 279 g/mol. The first-order chi connectivity index (χ1) is 7.42. The van der Waals surface area contributed by atoms with Crippen molar-refractivity contribution in [3.05, 3.63) is 16.1 Å². The van der Waals surface area contributed by atoms with Crippen LogP contribution in [-0.2, 0) is 6.42 Å². The molecule has 3 N–H and O–H groups in total. The van der Waals surface area contributed by atoms with Crippen LogP contribution in [0.1, 0.15) is 15.5 Å². The van der Waals surface area contributed by atoms with Gasteiger partial charge in [0.1, 0.15) is 12.2 Å². The Kier molecular flexibility index (Phi) is 6.43. The number of carbonyl (C=O) groups excluding carboxylic acids is 1. The van der Waals surface area contributed by atoms with E-state index in [1.54, 1.807) is 5.32 Å². The molecular formula is C8H11ClF3N3OS. The van der Waals surface area contributed by atoms with E-state index in [1.165, 1.54) is 16.7 Å². The van der Waals surface area contributed by atoms with Crippen molar-refractivity contribution in [2.45, 2.75) is 12.6 Å². The van der Waals surface area contributed by atoms with Gasteiger partial charge in [0, 0.05) is 11.8 Å². The van der Waals surface area contributed by atoms with Gasteiger partial charge < -0.3 is 11.1 Å². The number of nitrogens with two attached hydrogens (primary N) is 1. The zero-order valence-corrected chi connectivity index (χ0v) is 10.2. The Hall–Kier alpha value is -0.860. The molecule has 0 aliphatic carbocycles. The van der Waals surface area contributed by atoms with Gasteiger partial charge in [-0.3, -0.25) is 4.79 Å². The summed E-state index contributed by atoms with van der Waals surface area (Å²) in [4.78, 5) is 15.1. The van der Waals surface area contributed by atoms with Gasteiger partial charge in [0.25, 0.3) is 5.91 Å². The molecule has 17 heavy (non-hydrogen) atoms. The van der Waals surface area contributed by atoms with Crippen LogP contribution in [-0.4, -0.2) is 30.2 Å². The molecule has 0 radical (unpaired) electrons. The summed E-state index contributed by atoms with van der Waals surface area (Å²) in [5, 5.41) is 3.80. The molecule has 0 fully saturated rings. The number of carbonyl (C=O) groups is 1. The van der Waals surface area contributed by atoms with Crippen LogP contribution in [0.2, 0.25) is 0 Å². The number of hydrogen-bond donors (Lipinski definition) is 2. The first-order valence-electron chi connectivity index (χ1n) is 4.42. The first kappa shape index (κ1) is 16.1. The number of alkyl halides is 3. The monoisotopic (exact) mass is 289 g/mol. The third kappa shape index (κ3) is 5.85. The van der Waals surface area contributed by atoms with E-state index in [-0.39, 0.29) is 18.1 Å². The second kappa shape index (κ2) is 6.77. The maximum atomic E-state index is 11.8. The SMILES string of the molecule is Cl.NCCc1nc(C(=O)NCC(F)(F)F)cs1. The average molecular weight is 290 g/mol. The topological polar surface area (TPSA) is 68.0 Å². The minimum atomic E-state index is -4.41. The van der Waals surface area contributed by atoms with E-state index in [9.17, 15) is 18.0 Å². The summed E-state index contributed by atoms with van der Waals surface area (Å²) in [5.41, 5.74) is 5.28. The van der Waals surface area contributed by atoms with Crippen LogP contribution in [0.3, 0.4) is 0 Å². The molecule has 1 aromatic heterocycles. The summed E-state index contributed by atoms with van der Waals surface area (Å²) < 4.78 is 35.4. The average Bonchev–Trinajstić information content (AvgIpc) is 2.62. The summed E-state index contributed by atoms with van der Waals surface area (Å²) in [5.74, 6) is -0.822. The zero-order valence-electron chi connectivity index (χ0n) is 8.58. The number of thiazole rings is 1. The molecule has 0 aromatic carbocycles. The predicted octanol–water partition coefficient (Wildman–Crippen LogP) is 1.36. The Labute approximate surface area is 106 Å². The smallest absolute Gasteiger partial charge is 0.342 e. The van der Waals surface area contributed by atoms with E-state index in [0.717, 1.165) is 0 Å². The molecule has 0 unspecified atom stereocenters. The van der Waals surface area contributed by atoms with Crippen LogP contribution in [0.4, 0.5) is 13.2 Å². The minimum absolute atomic E-state index is 0. The van der Waals surface area contributed by atoms with Crippen molar-refractivity contribution < 1.29 is 18.0 Å². The highest BCUT2D eigenvalue weighted by Gasteiger charge is 2.28. The van der Waals surface area contributed by atoms with Gasteiger partial charge in [0.15, 0.2) is 0 Å². The normalized spacial score (nSPS) is 10.8. The second-order valence-electron chi connectivity index (χ2n) is 2.96. The molecule has 1 rings (SSSR count). The highest BCUT2D eigenvalue weighted by molar-refractivity contribution is 7.09. The molecule has 9 heteroatoms. The fourth-order valence-corrected chi connectivity index (χ4v) is 1.72. The van der Waals surface area contributed by atoms with Crippen LogP contribution >= 0.6 is 23.7 Å². The lowest BCUT2D eigenvalue weighted by Crippen LogP contribution is -2.33. The summed E-state index contributed by atoms with van der Waals surface area (Å²) in [6.07, 6.45) is -3.90. The largest absolute Gasteiger partial charge is 0.405 e. The number of aromatic nitrogens is 1. The van der Waals surface area contributed by atoms with Crippen molar-refractivity contribution in [3.63, 3.8) is 0 Å². The first-order valence-corrected chi connectivity index (χ1v) is 5.30. The lowest BCUT2D eigenvalue weighted by Gasteiger charge is -2.06. The van der Waals surface area contributed by atoms with E-state index in [4.69, 9.17) is 5.73 Å². The van der Waals surface area contributed by atoms with E-state index in [2.05, 4.69) is 4.98 Å². The van der Waals surface area contributed by atoms with Gasteiger partial charge in [-0.15, -0.1) is 23.7 Å². The van der Waals surface area contributed by atoms with Crippen molar-refractivity contribution in [1.82, 2.24) is 10.3 Å². The van der Waals surface area contributed by atoms with Crippen LogP contribution in [0, 0.1) is 0 Å². The second-order valence-corrected chi connectivity index (χ2v) is 3.91. The van der Waals surface area contributed by atoms with Crippen molar-refractivity contribution in [2.24, 2.45) is 5.73 Å². The maximum absolute atomic E-state index is 11.8. The summed E-state index contributed by atoms with van der Waals surface area (Å²) >= 11 is 1.20. The molecule has 0 saturated heterocycles. The molecule has 1 amide bonds. The van der Waals surface area contributed by atoms with Crippen LogP contribution < -0.4 is 11.1 Å². The number of amides is 1. The van der Waals surface area contributed by atoms with E-state index >= 15 is 0 Å². The molecule has 0 atom stereocenters. The van der Waals surface area contributed by atoms with Gasteiger partial charge in [-0.05, 0) is 6.54 Å². The van der Waals surface area contributed by atoms with Gasteiger partial charge in [-0.1, -0.05) is 0 Å². The van der Waals surface area contributed by atoms with E-state index in [0.29, 0.717) is 18.0 Å². The summed E-state index contributed by atoms with van der Waals surface area (Å²) in [6.45, 7) is -0.966. The van der Waals surface area contributed by atoms with Gasteiger partial charge >= 0.3 is 6.18 Å². The highest BCUT2D eigenvalue weighted by Crippen LogP contribution is 2.13. The van der Waals surface area contributed by atoms with Gasteiger partial charge in [0.2, 0.25) is 0 Å². The van der Waals surface area contributed by atoms with E-state index in [1.807, 2.05) is 0 Å². The zero-order chi connectivity index (χ0) is 12.2. The minimum Gasteiger partial charge on any atom is -0.342 e. The van der Waals surface area contributed by atoms with Crippen LogP contribution in [0.5, 0.6) is 0 Å². The van der Waals surface area contributed by atoms with Crippen molar-refractivity contribution >= 4 is 29.7 Å². The van der Waals surface area contributed by atoms with Crippen LogP contribution in [0.15, 0.2) is 5.38 Å². The standard InChI is InChI=1S/C8H10F3N3OS.ClH/c9-8(10,11)4-13-7(15)5-3-16-6(14-5)1-2-12;/h3H,1-2,4,12H2,(H,13,15);1H. The predicted molar refractivity (Wildman–Crippen MR) is 60.5 cm³/mol. The molecule has 0 bridgehead atoms. The Morgan fingerprint density at radius 3 is 2.71 bits per heavy atom. The number of rotatable bonds is 4. The molecule has 98 valence electrons. The molecule has 1 aromatic rings.